The van der Waals surface area contributed by atoms with Crippen molar-refractivity contribution in [3.05, 3.63) is 48.0 Å². The van der Waals surface area contributed by atoms with Gasteiger partial charge in [-0.1, -0.05) is 6.07 Å². The van der Waals surface area contributed by atoms with Crippen LogP contribution >= 0.6 is 11.8 Å². The van der Waals surface area contributed by atoms with Crippen molar-refractivity contribution in [2.75, 3.05) is 5.32 Å². The van der Waals surface area contributed by atoms with Crippen LogP contribution in [0, 0.1) is 5.82 Å². The average molecular weight is 293 g/mol. The van der Waals surface area contributed by atoms with E-state index in [1.165, 1.54) is 23.9 Å². The summed E-state index contributed by atoms with van der Waals surface area (Å²) in [6.07, 6.45) is 1.73. The van der Waals surface area contributed by atoms with Crippen LogP contribution < -0.4 is 5.32 Å². The Bertz CT molecular complexity index is 600. The Kier molecular flexibility index (Phi) is 4.79. The number of benzene rings is 1. The van der Waals surface area contributed by atoms with Crippen LogP contribution in [0.25, 0.3) is 0 Å². The monoisotopic (exact) mass is 293 g/mol. The molecular formula is C14H16FN3OS. The molecule has 0 aliphatic rings. The predicted molar refractivity (Wildman–Crippen MR) is 79.0 cm³/mol. The summed E-state index contributed by atoms with van der Waals surface area (Å²) in [5.41, 5.74) is 1.53. The van der Waals surface area contributed by atoms with Gasteiger partial charge in [-0.05, 0) is 31.2 Å². The van der Waals surface area contributed by atoms with Gasteiger partial charge in [-0.25, -0.2) is 4.39 Å². The second-order valence-electron chi connectivity index (χ2n) is 4.40. The van der Waals surface area contributed by atoms with Crippen LogP contribution in [-0.4, -0.2) is 20.9 Å². The Labute approximate surface area is 121 Å². The molecule has 0 radical (unpaired) electrons. The topological polar surface area (TPSA) is 46.9 Å². The van der Waals surface area contributed by atoms with Crippen molar-refractivity contribution < 1.29 is 9.18 Å². The average Bonchev–Trinajstić information content (AvgIpc) is 2.81. The standard InChI is InChI=1S/C14H16FN3OS/c1-10(20-9-13-6-7-16-18(13)2)14(19)17-12-5-3-4-11(15)8-12/h3-8,10H,9H2,1-2H3,(H,17,19)/t10-/m1/s1. The zero-order valence-corrected chi connectivity index (χ0v) is 12.2. The number of halogens is 1. The lowest BCUT2D eigenvalue weighted by atomic mass is 10.3. The highest BCUT2D eigenvalue weighted by Crippen LogP contribution is 2.19. The number of nitrogens with zero attached hydrogens (tertiary/aromatic N) is 2. The molecule has 1 aromatic carbocycles. The molecule has 1 amide bonds. The Hall–Kier alpha value is -1.82. The summed E-state index contributed by atoms with van der Waals surface area (Å²) in [7, 11) is 1.87. The largest absolute Gasteiger partial charge is 0.325 e. The van der Waals surface area contributed by atoms with Crippen molar-refractivity contribution in [2.45, 2.75) is 17.9 Å². The van der Waals surface area contributed by atoms with Gasteiger partial charge in [0.2, 0.25) is 5.91 Å². The molecule has 106 valence electrons. The summed E-state index contributed by atoms with van der Waals surface area (Å²) >= 11 is 1.51. The Morgan fingerprint density at radius 3 is 2.95 bits per heavy atom. The fraction of sp³-hybridized carbons (Fsp3) is 0.286. The summed E-state index contributed by atoms with van der Waals surface area (Å²) in [5.74, 6) is 0.203. The highest BCUT2D eigenvalue weighted by Gasteiger charge is 2.14. The molecule has 2 rings (SSSR count). The highest BCUT2D eigenvalue weighted by molar-refractivity contribution is 7.99. The molecule has 0 saturated heterocycles. The van der Waals surface area contributed by atoms with Crippen molar-refractivity contribution in [1.82, 2.24) is 9.78 Å². The molecule has 4 nitrogen and oxygen atoms in total. The van der Waals surface area contributed by atoms with Gasteiger partial charge in [-0.3, -0.25) is 9.48 Å². The quantitative estimate of drug-likeness (QED) is 0.922. The number of amides is 1. The van der Waals surface area contributed by atoms with Gasteiger partial charge in [0.25, 0.3) is 0 Å². The number of anilines is 1. The zero-order valence-electron chi connectivity index (χ0n) is 11.3. The van der Waals surface area contributed by atoms with Gasteiger partial charge < -0.3 is 5.32 Å². The lowest BCUT2D eigenvalue weighted by molar-refractivity contribution is -0.115. The molecule has 0 aliphatic heterocycles. The summed E-state index contributed by atoms with van der Waals surface area (Å²) in [6, 6.07) is 7.80. The summed E-state index contributed by atoms with van der Waals surface area (Å²) in [6.45, 7) is 1.83. The number of nitrogens with one attached hydrogen (secondary N) is 1. The van der Waals surface area contributed by atoms with E-state index < -0.39 is 0 Å². The SMILES string of the molecule is C[C@@H](SCc1ccnn1C)C(=O)Nc1cccc(F)c1. The van der Waals surface area contributed by atoms with E-state index in [0.29, 0.717) is 11.4 Å². The van der Waals surface area contributed by atoms with E-state index in [9.17, 15) is 9.18 Å². The molecule has 0 aliphatic carbocycles. The molecule has 0 saturated carbocycles. The van der Waals surface area contributed by atoms with Crippen LogP contribution in [0.5, 0.6) is 0 Å². The summed E-state index contributed by atoms with van der Waals surface area (Å²) in [4.78, 5) is 12.0. The van der Waals surface area contributed by atoms with E-state index in [0.717, 1.165) is 5.69 Å². The van der Waals surface area contributed by atoms with Crippen molar-refractivity contribution in [2.24, 2.45) is 7.05 Å². The highest BCUT2D eigenvalue weighted by atomic mass is 32.2. The van der Waals surface area contributed by atoms with Crippen molar-refractivity contribution >= 4 is 23.4 Å². The van der Waals surface area contributed by atoms with E-state index in [1.54, 1.807) is 23.0 Å². The molecule has 1 aromatic heterocycles. The number of carbonyl (C=O) groups is 1. The van der Waals surface area contributed by atoms with Gasteiger partial charge in [0.15, 0.2) is 0 Å². The number of aromatic nitrogens is 2. The fourth-order valence-corrected chi connectivity index (χ4v) is 2.55. The van der Waals surface area contributed by atoms with Gasteiger partial charge in [-0.2, -0.15) is 5.10 Å². The third kappa shape index (κ3) is 3.84. The number of rotatable bonds is 5. The van der Waals surface area contributed by atoms with Crippen molar-refractivity contribution in [3.8, 4) is 0 Å². The van der Waals surface area contributed by atoms with Crippen LogP contribution in [0.4, 0.5) is 10.1 Å². The first-order valence-corrected chi connectivity index (χ1v) is 7.26. The van der Waals surface area contributed by atoms with Gasteiger partial charge in [0.1, 0.15) is 5.82 Å². The van der Waals surface area contributed by atoms with Crippen molar-refractivity contribution in [3.63, 3.8) is 0 Å². The molecule has 1 atom stereocenters. The predicted octanol–water partition coefficient (Wildman–Crippen LogP) is 2.82. The van der Waals surface area contributed by atoms with E-state index in [2.05, 4.69) is 10.4 Å². The summed E-state index contributed by atoms with van der Waals surface area (Å²) < 4.78 is 14.8. The lowest BCUT2D eigenvalue weighted by Gasteiger charge is -2.12. The molecule has 2 aromatic rings. The number of carbonyl (C=O) groups excluding carboxylic acids is 1. The minimum atomic E-state index is -0.363. The number of hydrogen-bond acceptors (Lipinski definition) is 3. The lowest BCUT2D eigenvalue weighted by Crippen LogP contribution is -2.22. The van der Waals surface area contributed by atoms with Crippen molar-refractivity contribution in [1.29, 1.82) is 0 Å². The second kappa shape index (κ2) is 6.56. The van der Waals surface area contributed by atoms with Crippen LogP contribution in [0.1, 0.15) is 12.6 Å². The minimum Gasteiger partial charge on any atom is -0.325 e. The molecule has 1 N–H and O–H groups in total. The summed E-state index contributed by atoms with van der Waals surface area (Å²) in [5, 5.41) is 6.55. The normalized spacial score (nSPS) is 12.2. The van der Waals surface area contributed by atoms with E-state index in [1.807, 2.05) is 20.0 Å². The smallest absolute Gasteiger partial charge is 0.237 e. The van der Waals surface area contributed by atoms with Gasteiger partial charge in [-0.15, -0.1) is 11.8 Å². The third-order valence-corrected chi connectivity index (χ3v) is 4.04. The Morgan fingerprint density at radius 2 is 2.30 bits per heavy atom. The molecule has 0 unspecified atom stereocenters. The minimum absolute atomic E-state index is 0.136. The van der Waals surface area contributed by atoms with E-state index in [-0.39, 0.29) is 17.0 Å². The van der Waals surface area contributed by atoms with E-state index >= 15 is 0 Å². The van der Waals surface area contributed by atoms with Gasteiger partial charge in [0, 0.05) is 30.4 Å². The molecule has 0 fully saturated rings. The molecular weight excluding hydrogens is 277 g/mol. The maximum Gasteiger partial charge on any atom is 0.237 e. The van der Waals surface area contributed by atoms with E-state index in [4.69, 9.17) is 0 Å². The van der Waals surface area contributed by atoms with Gasteiger partial charge >= 0.3 is 0 Å². The molecule has 20 heavy (non-hydrogen) atoms. The van der Waals surface area contributed by atoms with Gasteiger partial charge in [0.05, 0.1) is 5.25 Å². The Balaban J connectivity index is 1.87. The molecule has 0 spiro atoms. The van der Waals surface area contributed by atoms with Crippen LogP contribution in [0.2, 0.25) is 0 Å². The third-order valence-electron chi connectivity index (χ3n) is 2.87. The molecule has 6 heteroatoms. The van der Waals surface area contributed by atoms with Crippen LogP contribution in [0.15, 0.2) is 36.5 Å². The Morgan fingerprint density at radius 1 is 1.50 bits per heavy atom. The number of hydrogen-bond donors (Lipinski definition) is 1. The second-order valence-corrected chi connectivity index (χ2v) is 5.73. The molecule has 0 bridgehead atoms. The van der Waals surface area contributed by atoms with Crippen LogP contribution in [0.3, 0.4) is 0 Å². The number of aryl methyl sites for hydroxylation is 1. The van der Waals surface area contributed by atoms with Crippen LogP contribution in [-0.2, 0) is 17.6 Å². The fourth-order valence-electron chi connectivity index (χ4n) is 1.64. The first kappa shape index (κ1) is 14.6. The maximum atomic E-state index is 13.0. The first-order chi connectivity index (χ1) is 9.56. The maximum absolute atomic E-state index is 13.0. The first-order valence-electron chi connectivity index (χ1n) is 6.21. The zero-order chi connectivity index (χ0) is 14.5. The number of thioether (sulfide) groups is 1. The molecule has 1 heterocycles.